The Morgan fingerprint density at radius 1 is 0.962 bits per heavy atom. The number of carbonyl (C=O) groups excluding carboxylic acids is 4. The first-order chi connectivity index (χ1) is 25.4. The number of carbonyl (C=O) groups is 4. The maximum Gasteiger partial charge on any atom is 0.278 e. The summed E-state index contributed by atoms with van der Waals surface area (Å²) in [7, 11) is 0. The number of amides is 4. The van der Waals surface area contributed by atoms with E-state index in [0.717, 1.165) is 61.5 Å². The fourth-order valence-corrected chi connectivity index (χ4v) is 7.50. The standard InChI is InChI=1S/C39H45N9O5/c1-5-19-46-35(51)27-23-40-38(44-33(27)48(46)30-14-9-13-29(42-30)39(2,3)4)41-25-17-21-45(22-18-25)20-7-6-10-24-11-8-12-26-32(24)37(53)47(36(26)52)28-15-16-31(49)43-34(28)50/h5,8-9,11-14,23,25,28H,1,6-7,10,15-22H2,2-4H3,(H,40,41,44)(H,43,49,50). The van der Waals surface area contributed by atoms with E-state index < -0.39 is 29.7 Å². The Morgan fingerprint density at radius 3 is 2.47 bits per heavy atom. The second-order valence-electron chi connectivity index (χ2n) is 15.1. The smallest absolute Gasteiger partial charge is 0.278 e. The highest BCUT2D eigenvalue weighted by Crippen LogP contribution is 2.31. The lowest BCUT2D eigenvalue weighted by Gasteiger charge is -2.32. The minimum absolute atomic E-state index is 0.0906. The molecule has 6 heterocycles. The number of likely N-dealkylation sites (tertiary alicyclic amines) is 1. The van der Waals surface area contributed by atoms with Gasteiger partial charge in [0.25, 0.3) is 17.4 Å². The largest absolute Gasteiger partial charge is 0.351 e. The number of nitrogens with one attached hydrogen (secondary N) is 2. The average Bonchev–Trinajstić information content (AvgIpc) is 3.55. The molecule has 53 heavy (non-hydrogen) atoms. The Hall–Kier alpha value is -5.50. The molecule has 1 aromatic carbocycles. The van der Waals surface area contributed by atoms with E-state index in [-0.39, 0.29) is 29.9 Å². The zero-order valence-corrected chi connectivity index (χ0v) is 30.4. The van der Waals surface area contributed by atoms with Crippen LogP contribution >= 0.6 is 0 Å². The molecule has 0 spiro atoms. The van der Waals surface area contributed by atoms with Crippen LogP contribution < -0.4 is 16.2 Å². The number of fused-ring (bicyclic) bond motifs is 2. The highest BCUT2D eigenvalue weighted by atomic mass is 16.2. The van der Waals surface area contributed by atoms with Crippen molar-refractivity contribution in [2.45, 2.75) is 89.8 Å². The van der Waals surface area contributed by atoms with Gasteiger partial charge in [-0.15, -0.1) is 6.58 Å². The predicted octanol–water partition coefficient (Wildman–Crippen LogP) is 3.76. The summed E-state index contributed by atoms with van der Waals surface area (Å²) in [6.45, 7) is 13.2. The molecule has 0 bridgehead atoms. The van der Waals surface area contributed by atoms with Gasteiger partial charge in [-0.1, -0.05) is 45.0 Å². The van der Waals surface area contributed by atoms with Crippen molar-refractivity contribution in [3.63, 3.8) is 0 Å². The number of nitrogens with zero attached hydrogens (tertiary/aromatic N) is 7. The first-order valence-corrected chi connectivity index (χ1v) is 18.3. The lowest BCUT2D eigenvalue weighted by atomic mass is 9.92. The first kappa shape index (κ1) is 35.9. The van der Waals surface area contributed by atoms with Crippen molar-refractivity contribution in [3.8, 4) is 5.82 Å². The van der Waals surface area contributed by atoms with Crippen LogP contribution in [0.15, 0.2) is 60.0 Å². The van der Waals surface area contributed by atoms with Gasteiger partial charge in [0, 0.05) is 42.9 Å². The number of benzene rings is 1. The third kappa shape index (κ3) is 7.02. The summed E-state index contributed by atoms with van der Waals surface area (Å²) in [5, 5.41) is 6.16. The van der Waals surface area contributed by atoms with Gasteiger partial charge in [0.05, 0.1) is 17.7 Å². The topological polar surface area (TPSA) is 164 Å². The molecule has 4 aromatic rings. The number of hydrogen-bond donors (Lipinski definition) is 2. The summed E-state index contributed by atoms with van der Waals surface area (Å²) in [4.78, 5) is 81.8. The molecule has 1 atom stereocenters. The number of hydrogen-bond acceptors (Lipinski definition) is 10. The van der Waals surface area contributed by atoms with Gasteiger partial charge in [-0.25, -0.2) is 19.3 Å². The Morgan fingerprint density at radius 2 is 1.74 bits per heavy atom. The van der Waals surface area contributed by atoms with Crippen molar-refractivity contribution in [2.24, 2.45) is 0 Å². The Bertz CT molecular complexity index is 2170. The van der Waals surface area contributed by atoms with Crippen LogP contribution in [0.25, 0.3) is 16.9 Å². The maximum atomic E-state index is 13.4. The van der Waals surface area contributed by atoms with Gasteiger partial charge < -0.3 is 10.2 Å². The fraction of sp³-hybridized carbons (Fsp3) is 0.436. The van der Waals surface area contributed by atoms with Crippen molar-refractivity contribution >= 4 is 40.6 Å². The van der Waals surface area contributed by atoms with Crippen molar-refractivity contribution in [3.05, 3.63) is 88.0 Å². The van der Waals surface area contributed by atoms with Gasteiger partial charge in [0.1, 0.15) is 11.4 Å². The lowest BCUT2D eigenvalue weighted by Crippen LogP contribution is -2.54. The van der Waals surface area contributed by atoms with Gasteiger partial charge >= 0.3 is 0 Å². The third-order valence-corrected chi connectivity index (χ3v) is 10.3. The third-order valence-electron chi connectivity index (χ3n) is 10.3. The second kappa shape index (κ2) is 14.5. The monoisotopic (exact) mass is 719 g/mol. The molecular weight excluding hydrogens is 674 g/mol. The molecule has 2 N–H and O–H groups in total. The van der Waals surface area contributed by atoms with Gasteiger partial charge in [-0.3, -0.25) is 34.2 Å². The predicted molar refractivity (Wildman–Crippen MR) is 199 cm³/mol. The average molecular weight is 720 g/mol. The Labute approximate surface area is 307 Å². The van der Waals surface area contributed by atoms with Crippen molar-refractivity contribution in [1.29, 1.82) is 0 Å². The number of aromatic nitrogens is 5. The Kier molecular flexibility index (Phi) is 9.81. The van der Waals surface area contributed by atoms with Gasteiger partial charge in [0.15, 0.2) is 11.5 Å². The number of imide groups is 2. The zero-order chi connectivity index (χ0) is 37.4. The van der Waals surface area contributed by atoms with Crippen LogP contribution in [0.1, 0.15) is 91.3 Å². The molecular formula is C39H45N9O5. The van der Waals surface area contributed by atoms with E-state index in [9.17, 15) is 24.0 Å². The molecule has 14 nitrogen and oxygen atoms in total. The van der Waals surface area contributed by atoms with Gasteiger partial charge in [0.2, 0.25) is 17.8 Å². The van der Waals surface area contributed by atoms with Crippen LogP contribution in [-0.4, -0.2) is 89.5 Å². The number of aryl methyl sites for hydroxylation is 1. The molecule has 0 saturated carbocycles. The second-order valence-corrected chi connectivity index (χ2v) is 15.1. The van der Waals surface area contributed by atoms with E-state index in [4.69, 9.17) is 9.97 Å². The summed E-state index contributed by atoms with van der Waals surface area (Å²) in [6.07, 6.45) is 7.69. The Balaban J connectivity index is 0.951. The summed E-state index contributed by atoms with van der Waals surface area (Å²) in [5.74, 6) is -0.869. The van der Waals surface area contributed by atoms with Crippen LogP contribution in [0.4, 0.5) is 5.95 Å². The summed E-state index contributed by atoms with van der Waals surface area (Å²) >= 11 is 0. The van der Waals surface area contributed by atoms with Gasteiger partial charge in [-0.05, 0) is 68.8 Å². The molecule has 3 aliphatic heterocycles. The van der Waals surface area contributed by atoms with E-state index >= 15 is 0 Å². The van der Waals surface area contributed by atoms with Crippen LogP contribution in [0.5, 0.6) is 0 Å². The molecule has 2 saturated heterocycles. The molecule has 1 unspecified atom stereocenters. The van der Waals surface area contributed by atoms with Crippen molar-refractivity contribution in [1.82, 2.24) is 39.4 Å². The summed E-state index contributed by atoms with van der Waals surface area (Å²) < 4.78 is 3.35. The summed E-state index contributed by atoms with van der Waals surface area (Å²) in [5.41, 5.74) is 2.52. The SMILES string of the molecule is C=CCn1c(=O)c2cnc(NC3CCN(CCCCc4cccc5c4C(=O)N(C4CCC(=O)NC4=O)C5=O)CC3)nc2n1-c1cccc(C(C)(C)C)n1. The minimum atomic E-state index is -0.972. The zero-order valence-electron chi connectivity index (χ0n) is 30.4. The fourth-order valence-electron chi connectivity index (χ4n) is 7.50. The minimum Gasteiger partial charge on any atom is -0.351 e. The van der Waals surface area contributed by atoms with E-state index in [1.165, 1.54) is 0 Å². The molecule has 3 aromatic heterocycles. The molecule has 14 heteroatoms. The molecule has 4 amide bonds. The molecule has 3 aliphatic rings. The van der Waals surface area contributed by atoms with Crippen LogP contribution in [0.2, 0.25) is 0 Å². The number of anilines is 1. The number of allylic oxidation sites excluding steroid dienone is 1. The van der Waals surface area contributed by atoms with E-state index in [0.29, 0.717) is 46.9 Å². The first-order valence-electron chi connectivity index (χ1n) is 18.3. The molecule has 7 rings (SSSR count). The summed E-state index contributed by atoms with van der Waals surface area (Å²) in [6, 6.07) is 10.3. The number of pyridine rings is 1. The normalized spacial score (nSPS) is 18.5. The quantitative estimate of drug-likeness (QED) is 0.133. The molecule has 0 radical (unpaired) electrons. The number of rotatable bonds is 11. The number of unbranched alkanes of at least 4 members (excludes halogenated alkanes) is 1. The van der Waals surface area contributed by atoms with Crippen molar-refractivity contribution in [2.75, 3.05) is 25.0 Å². The van der Waals surface area contributed by atoms with Crippen molar-refractivity contribution < 1.29 is 19.2 Å². The number of piperidine rings is 2. The van der Waals surface area contributed by atoms with Gasteiger partial charge in [-0.2, -0.15) is 4.98 Å². The van der Waals surface area contributed by atoms with E-state index in [1.807, 2.05) is 24.3 Å². The maximum absolute atomic E-state index is 13.4. The van der Waals surface area contributed by atoms with Crippen LogP contribution in [0.3, 0.4) is 0 Å². The van der Waals surface area contributed by atoms with E-state index in [2.05, 4.69) is 47.9 Å². The highest BCUT2D eigenvalue weighted by molar-refractivity contribution is 6.24. The highest BCUT2D eigenvalue weighted by Gasteiger charge is 2.45. The molecule has 2 fully saturated rings. The lowest BCUT2D eigenvalue weighted by molar-refractivity contribution is -0.136. The molecule has 276 valence electrons. The van der Waals surface area contributed by atoms with E-state index in [1.54, 1.807) is 33.8 Å². The molecule has 0 aliphatic carbocycles. The van der Waals surface area contributed by atoms with Crippen LogP contribution in [0, 0.1) is 0 Å². The van der Waals surface area contributed by atoms with Crippen LogP contribution in [-0.2, 0) is 28.0 Å².